The van der Waals surface area contributed by atoms with Gasteiger partial charge in [-0.2, -0.15) is 5.26 Å². The largest absolute Gasteiger partial charge is 0.358 e. The first kappa shape index (κ1) is 25.0. The van der Waals surface area contributed by atoms with E-state index in [9.17, 15) is 5.26 Å². The SMILES string of the molecule is C=C(C)[C@@H]1CC[C@]2(C#N)CC[C@]3(C)[C@H](CC[C@@H]4[C@@]5(C)Cc6c([nH]c7ccccc67)C(C)(C)[C@@H]5CC[C@]43C)[C@@H]12. The molecule has 0 radical (unpaired) electrons. The summed E-state index contributed by atoms with van der Waals surface area (Å²) >= 11 is 0. The van der Waals surface area contributed by atoms with Gasteiger partial charge in [-0.3, -0.25) is 0 Å². The number of nitrogens with one attached hydrogen (secondary N) is 1. The molecule has 202 valence electrons. The second kappa shape index (κ2) is 7.59. The van der Waals surface area contributed by atoms with Gasteiger partial charge in [-0.15, -0.1) is 0 Å². The van der Waals surface area contributed by atoms with Gasteiger partial charge in [0.25, 0.3) is 0 Å². The van der Waals surface area contributed by atoms with Crippen molar-refractivity contribution >= 4 is 10.9 Å². The zero-order valence-electron chi connectivity index (χ0n) is 24.7. The van der Waals surface area contributed by atoms with Crippen LogP contribution in [0.25, 0.3) is 10.9 Å². The molecule has 1 N–H and O–H groups in total. The highest BCUT2D eigenvalue weighted by molar-refractivity contribution is 5.85. The van der Waals surface area contributed by atoms with Crippen molar-refractivity contribution in [2.45, 2.75) is 105 Å². The normalized spacial score (nSPS) is 46.7. The number of hydrogen-bond acceptors (Lipinski definition) is 1. The predicted molar refractivity (Wildman–Crippen MR) is 157 cm³/mol. The molecule has 0 unspecified atom stereocenters. The van der Waals surface area contributed by atoms with E-state index >= 15 is 0 Å². The molecule has 5 aliphatic rings. The smallest absolute Gasteiger partial charge is 0.0693 e. The standard InChI is InChI=1S/C36H48N2/c1-22(2)23-14-17-36(21-37)19-18-34(6)26(30(23)36)12-13-29-33(5)20-25-24-10-8-9-11-27(24)38-31(25)32(3,4)28(33)15-16-35(29,34)7/h8-11,23,26,28-30,38H,1,12-20H2,2-7H3/t23-,26+,28-,29+,30+,33-,34+,35+,36+/m0/s1. The highest BCUT2D eigenvalue weighted by Crippen LogP contribution is 2.77. The van der Waals surface area contributed by atoms with E-state index < -0.39 is 0 Å². The number of benzene rings is 1. The van der Waals surface area contributed by atoms with Crippen LogP contribution in [0.4, 0.5) is 0 Å². The third-order valence-corrected chi connectivity index (χ3v) is 14.4. The summed E-state index contributed by atoms with van der Waals surface area (Å²) in [6, 6.07) is 12.0. The minimum atomic E-state index is -0.107. The van der Waals surface area contributed by atoms with E-state index in [0.29, 0.717) is 39.9 Å². The first-order valence-corrected chi connectivity index (χ1v) is 15.6. The van der Waals surface area contributed by atoms with Crippen LogP contribution in [0.5, 0.6) is 0 Å². The van der Waals surface area contributed by atoms with Crippen LogP contribution in [0.2, 0.25) is 0 Å². The van der Waals surface area contributed by atoms with E-state index in [1.165, 1.54) is 67.1 Å². The molecule has 0 spiro atoms. The third-order valence-electron chi connectivity index (χ3n) is 14.4. The van der Waals surface area contributed by atoms with Gasteiger partial charge < -0.3 is 4.98 Å². The summed E-state index contributed by atoms with van der Waals surface area (Å²) < 4.78 is 0. The molecule has 0 aliphatic heterocycles. The van der Waals surface area contributed by atoms with E-state index in [0.717, 1.165) is 18.8 Å². The fraction of sp³-hybridized carbons (Fsp3) is 0.694. The Balaban J connectivity index is 1.33. The molecule has 5 aliphatic carbocycles. The van der Waals surface area contributed by atoms with Crippen molar-refractivity contribution in [3.05, 3.63) is 47.7 Å². The Morgan fingerprint density at radius 2 is 1.68 bits per heavy atom. The number of hydrogen-bond donors (Lipinski definition) is 1. The van der Waals surface area contributed by atoms with Crippen molar-refractivity contribution in [2.24, 2.45) is 51.2 Å². The molecule has 2 nitrogen and oxygen atoms in total. The number of para-hydroxylation sites is 1. The maximum atomic E-state index is 10.6. The van der Waals surface area contributed by atoms with Crippen molar-refractivity contribution in [3.8, 4) is 6.07 Å². The van der Waals surface area contributed by atoms with Crippen molar-refractivity contribution in [2.75, 3.05) is 0 Å². The molecule has 2 aromatic rings. The quantitative estimate of drug-likeness (QED) is 0.383. The molecule has 1 aromatic carbocycles. The third kappa shape index (κ3) is 2.75. The molecule has 4 fully saturated rings. The Hall–Kier alpha value is -2.01. The first-order chi connectivity index (χ1) is 17.9. The maximum Gasteiger partial charge on any atom is 0.0693 e. The summed E-state index contributed by atoms with van der Waals surface area (Å²) in [6.45, 7) is 19.9. The zero-order chi connectivity index (χ0) is 26.9. The summed E-state index contributed by atoms with van der Waals surface area (Å²) in [5, 5.41) is 12.0. The Morgan fingerprint density at radius 3 is 2.42 bits per heavy atom. The summed E-state index contributed by atoms with van der Waals surface area (Å²) in [5.74, 6) is 3.13. The summed E-state index contributed by atoms with van der Waals surface area (Å²) in [5.41, 5.74) is 6.74. The van der Waals surface area contributed by atoms with Crippen molar-refractivity contribution in [3.63, 3.8) is 0 Å². The predicted octanol–water partition coefficient (Wildman–Crippen LogP) is 9.36. The van der Waals surface area contributed by atoms with Crippen LogP contribution in [-0.2, 0) is 11.8 Å². The molecule has 9 atom stereocenters. The van der Waals surface area contributed by atoms with Crippen LogP contribution in [0, 0.1) is 62.6 Å². The zero-order valence-corrected chi connectivity index (χ0v) is 24.7. The van der Waals surface area contributed by atoms with Gasteiger partial charge in [0.15, 0.2) is 0 Å². The number of allylic oxidation sites excluding steroid dienone is 1. The Labute approximate surface area is 230 Å². The Kier molecular flexibility index (Phi) is 4.99. The minimum Gasteiger partial charge on any atom is -0.358 e. The van der Waals surface area contributed by atoms with Gasteiger partial charge in [-0.05, 0) is 122 Å². The van der Waals surface area contributed by atoms with Crippen molar-refractivity contribution < 1.29 is 0 Å². The number of rotatable bonds is 1. The van der Waals surface area contributed by atoms with Crippen molar-refractivity contribution in [1.82, 2.24) is 4.98 Å². The number of H-pyrrole nitrogens is 1. The summed E-state index contributed by atoms with van der Waals surface area (Å²) in [7, 11) is 0. The molecule has 1 aromatic heterocycles. The number of aromatic nitrogens is 1. The molecule has 38 heavy (non-hydrogen) atoms. The van der Waals surface area contributed by atoms with Crippen LogP contribution in [0.1, 0.15) is 104 Å². The molecule has 4 saturated carbocycles. The van der Waals surface area contributed by atoms with Gasteiger partial charge in [0.05, 0.1) is 11.5 Å². The van der Waals surface area contributed by atoms with Gasteiger partial charge in [0, 0.05) is 22.0 Å². The summed E-state index contributed by atoms with van der Waals surface area (Å²) in [6.07, 6.45) is 11.1. The second-order valence-electron chi connectivity index (χ2n) is 15.9. The van der Waals surface area contributed by atoms with Crippen LogP contribution in [-0.4, -0.2) is 4.98 Å². The molecule has 1 heterocycles. The molecule has 7 rings (SSSR count). The molecular weight excluding hydrogens is 460 g/mol. The van der Waals surface area contributed by atoms with Crippen LogP contribution >= 0.6 is 0 Å². The number of aromatic amines is 1. The molecule has 0 bridgehead atoms. The lowest BCUT2D eigenvalue weighted by atomic mass is 9.32. The first-order valence-electron chi connectivity index (χ1n) is 15.6. The Bertz CT molecular complexity index is 1370. The second-order valence-corrected chi connectivity index (χ2v) is 15.9. The number of nitriles is 1. The number of fused-ring (bicyclic) bond motifs is 10. The topological polar surface area (TPSA) is 39.6 Å². The number of nitrogens with zero attached hydrogens (tertiary/aromatic N) is 1. The van der Waals surface area contributed by atoms with Crippen molar-refractivity contribution in [1.29, 1.82) is 5.26 Å². The fourth-order valence-corrected chi connectivity index (χ4v) is 12.6. The lowest BCUT2D eigenvalue weighted by Crippen LogP contribution is -2.66. The lowest BCUT2D eigenvalue weighted by molar-refractivity contribution is -0.220. The van der Waals surface area contributed by atoms with E-state index in [1.807, 2.05) is 0 Å². The lowest BCUT2D eigenvalue weighted by Gasteiger charge is -2.72. The van der Waals surface area contributed by atoms with Gasteiger partial charge in [0.2, 0.25) is 0 Å². The van der Waals surface area contributed by atoms with Crippen LogP contribution < -0.4 is 0 Å². The summed E-state index contributed by atoms with van der Waals surface area (Å²) in [4.78, 5) is 3.90. The highest BCUT2D eigenvalue weighted by Gasteiger charge is 2.71. The van der Waals surface area contributed by atoms with E-state index in [1.54, 1.807) is 5.56 Å². The molecule has 2 heteroatoms. The van der Waals surface area contributed by atoms with Gasteiger partial charge in [-0.25, -0.2) is 0 Å². The average molecular weight is 509 g/mol. The highest BCUT2D eigenvalue weighted by atomic mass is 14.8. The van der Waals surface area contributed by atoms with Gasteiger partial charge in [0.1, 0.15) is 0 Å². The van der Waals surface area contributed by atoms with Gasteiger partial charge >= 0.3 is 0 Å². The average Bonchev–Trinajstić information content (AvgIpc) is 3.44. The van der Waals surface area contributed by atoms with E-state index in [-0.39, 0.29) is 10.8 Å². The monoisotopic (exact) mass is 508 g/mol. The van der Waals surface area contributed by atoms with E-state index in [2.05, 4.69) is 83.4 Å². The van der Waals surface area contributed by atoms with Crippen LogP contribution in [0.3, 0.4) is 0 Å². The van der Waals surface area contributed by atoms with Crippen LogP contribution in [0.15, 0.2) is 36.4 Å². The maximum absolute atomic E-state index is 10.6. The molecule has 0 saturated heterocycles. The molecule has 0 amide bonds. The fourth-order valence-electron chi connectivity index (χ4n) is 12.6. The minimum absolute atomic E-state index is 0.107. The van der Waals surface area contributed by atoms with Gasteiger partial charge in [-0.1, -0.05) is 65.0 Å². The van der Waals surface area contributed by atoms with E-state index in [4.69, 9.17) is 0 Å². The Morgan fingerprint density at radius 1 is 0.921 bits per heavy atom. The molecular formula is C36H48N2.